The highest BCUT2D eigenvalue weighted by atomic mass is 35.5. The molecule has 0 bridgehead atoms. The third-order valence-corrected chi connectivity index (χ3v) is 10.7. The van der Waals surface area contributed by atoms with E-state index in [4.69, 9.17) is 55.8 Å². The fraction of sp³-hybridized carbons (Fsp3) is 0.538. The molecule has 0 amide bonds. The topological polar surface area (TPSA) is 274 Å². The van der Waals surface area contributed by atoms with E-state index in [1.807, 2.05) is 0 Å². The summed E-state index contributed by atoms with van der Waals surface area (Å²) in [6.07, 6.45) is -3.37. The summed E-state index contributed by atoms with van der Waals surface area (Å²) in [4.78, 5) is 74.7. The van der Waals surface area contributed by atoms with Gasteiger partial charge in [-0.25, -0.2) is 9.59 Å². The lowest BCUT2D eigenvalue weighted by Gasteiger charge is -2.43. The van der Waals surface area contributed by atoms with Gasteiger partial charge in [0.25, 0.3) is 0 Å². The van der Waals surface area contributed by atoms with Crippen molar-refractivity contribution < 1.29 is 66.7 Å². The van der Waals surface area contributed by atoms with Crippen LogP contribution in [0.2, 0.25) is 0 Å². The first kappa shape index (κ1) is 54.8. The SMILES string of the molecule is C.CC(=O)OCC1O[C@@H](Cl)C(C)[C@@H](N=[N+]=[N-])[C@H]1OC(C)=O.COC(=O)c1cccc(S)c1.COC(=O)c1cccc(S[C@H]2OC(COC(C)=O)[C@H](OC(C)=O)[C@H](N=[N+]=[N-])C2C)c1. The zero-order valence-corrected chi connectivity index (χ0v) is 36.9. The van der Waals surface area contributed by atoms with E-state index in [9.17, 15) is 28.8 Å². The van der Waals surface area contributed by atoms with E-state index in [-0.39, 0.29) is 38.4 Å². The van der Waals surface area contributed by atoms with E-state index in [1.165, 1.54) is 53.7 Å². The van der Waals surface area contributed by atoms with E-state index < -0.39 is 77.3 Å². The zero-order chi connectivity index (χ0) is 45.8. The minimum absolute atomic E-state index is 0. The Balaban J connectivity index is 0.000000515. The van der Waals surface area contributed by atoms with Crippen LogP contribution in [0, 0.1) is 11.8 Å². The monoisotopic (exact) mass is 926 g/mol. The van der Waals surface area contributed by atoms with Crippen LogP contribution in [0.25, 0.3) is 20.9 Å². The smallest absolute Gasteiger partial charge is 0.337 e. The van der Waals surface area contributed by atoms with Gasteiger partial charge in [0.1, 0.15) is 48.6 Å². The van der Waals surface area contributed by atoms with Crippen molar-refractivity contribution in [2.24, 2.45) is 22.1 Å². The molecule has 62 heavy (non-hydrogen) atoms. The van der Waals surface area contributed by atoms with Gasteiger partial charge >= 0.3 is 35.8 Å². The Bertz CT molecular complexity index is 1950. The highest BCUT2D eigenvalue weighted by molar-refractivity contribution is 7.99. The minimum atomic E-state index is -0.911. The fourth-order valence-electron chi connectivity index (χ4n) is 5.73. The molecule has 0 saturated carbocycles. The molecule has 2 heterocycles. The normalized spacial score (nSPS) is 24.6. The predicted octanol–water partition coefficient (Wildman–Crippen LogP) is 7.26. The van der Waals surface area contributed by atoms with Gasteiger partial charge in [-0.3, -0.25) is 19.2 Å². The standard InChI is InChI=1S/C19H23N3O7S.C11H16ClN3O5.C8H8O2S.CH4/c1-10-16(21-22-20)17(28-12(3)24)15(9-27-11(2)23)29-19(10)30-14-7-5-6-13(8-14)18(25)26-4;1-5-9(14-15-13)10(19-7(3)17)8(20-11(5)12)4-18-6(2)16;1-10-8(9)6-3-2-4-7(11)5-6;/h5-8,10,15-17,19H,9H2,1-4H3;5,8-11H,4H2,1-3H3;2-5,11H,1H3;1H4/t10?,15?,16-,17+,19-;5?,8?,9-,10+,11-;;/m11../s1. The molecular weight excluding hydrogens is 876 g/mol. The van der Waals surface area contributed by atoms with Crippen LogP contribution in [0.4, 0.5) is 0 Å². The molecule has 10 atom stereocenters. The summed E-state index contributed by atoms with van der Waals surface area (Å²) in [5, 5.41) is 7.45. The maximum absolute atomic E-state index is 11.8. The zero-order valence-electron chi connectivity index (χ0n) is 34.4. The maximum Gasteiger partial charge on any atom is 0.337 e. The lowest BCUT2D eigenvalue weighted by molar-refractivity contribution is -0.184. The van der Waals surface area contributed by atoms with Crippen LogP contribution in [0.15, 0.2) is 68.6 Å². The van der Waals surface area contributed by atoms with Crippen LogP contribution in [0.3, 0.4) is 0 Å². The number of carbonyl (C=O) groups is 6. The van der Waals surface area contributed by atoms with Gasteiger partial charge in [0.15, 0.2) is 0 Å². The average molecular weight is 927 g/mol. The molecular formula is C39H51ClN6O14S2. The number of carbonyl (C=O) groups excluding carboxylic acids is 6. The number of esters is 6. The number of nitrogens with zero attached hydrogens (tertiary/aromatic N) is 6. The Morgan fingerprint density at radius 3 is 1.61 bits per heavy atom. The van der Waals surface area contributed by atoms with Gasteiger partial charge in [0, 0.05) is 59.1 Å². The Morgan fingerprint density at radius 2 is 1.18 bits per heavy atom. The van der Waals surface area contributed by atoms with Crippen molar-refractivity contribution in [2.45, 2.75) is 106 Å². The highest BCUT2D eigenvalue weighted by Crippen LogP contribution is 2.39. The summed E-state index contributed by atoms with van der Waals surface area (Å²) >= 11 is 11.4. The largest absolute Gasteiger partial charge is 0.465 e. The summed E-state index contributed by atoms with van der Waals surface area (Å²) in [6, 6.07) is 12.3. The Labute approximate surface area is 373 Å². The van der Waals surface area contributed by atoms with Crippen LogP contribution in [0.5, 0.6) is 0 Å². The predicted molar refractivity (Wildman–Crippen MR) is 227 cm³/mol. The van der Waals surface area contributed by atoms with E-state index in [0.29, 0.717) is 11.1 Å². The van der Waals surface area contributed by atoms with Crippen LogP contribution in [-0.4, -0.2) is 111 Å². The third kappa shape index (κ3) is 17.6. The number of hydrogen-bond acceptors (Lipinski definition) is 18. The van der Waals surface area contributed by atoms with Crippen molar-refractivity contribution in [3.63, 3.8) is 0 Å². The number of alkyl halides is 1. The van der Waals surface area contributed by atoms with Gasteiger partial charge in [0.05, 0.1) is 37.4 Å². The second-order valence-electron chi connectivity index (χ2n) is 13.1. The Kier molecular flexibility index (Phi) is 24.5. The molecule has 23 heteroatoms. The van der Waals surface area contributed by atoms with Crippen molar-refractivity contribution in [2.75, 3.05) is 27.4 Å². The first-order valence-corrected chi connectivity index (χ1v) is 20.0. The van der Waals surface area contributed by atoms with Crippen molar-refractivity contribution >= 4 is 71.8 Å². The van der Waals surface area contributed by atoms with Crippen molar-refractivity contribution in [3.8, 4) is 0 Å². The molecule has 0 aliphatic carbocycles. The molecule has 20 nitrogen and oxygen atoms in total. The number of thioether (sulfide) groups is 1. The number of halogens is 1. The molecule has 2 aliphatic rings. The van der Waals surface area contributed by atoms with E-state index in [2.05, 4.69) is 37.4 Å². The van der Waals surface area contributed by atoms with E-state index in [0.717, 1.165) is 9.79 Å². The summed E-state index contributed by atoms with van der Waals surface area (Å²) in [6.45, 7) is 8.18. The number of benzene rings is 2. The molecule has 4 unspecified atom stereocenters. The lowest BCUT2D eigenvalue weighted by atomic mass is 9.91. The third-order valence-electron chi connectivity index (χ3n) is 8.59. The number of hydrogen-bond donors (Lipinski definition) is 1. The number of azide groups is 2. The van der Waals surface area contributed by atoms with Crippen molar-refractivity contribution in [1.82, 2.24) is 0 Å². The van der Waals surface area contributed by atoms with E-state index >= 15 is 0 Å². The molecule has 4 rings (SSSR count). The maximum atomic E-state index is 11.8. The lowest BCUT2D eigenvalue weighted by Crippen LogP contribution is -2.55. The number of rotatable bonds is 12. The number of thiol groups is 1. The van der Waals surface area contributed by atoms with Gasteiger partial charge in [-0.2, -0.15) is 0 Å². The van der Waals surface area contributed by atoms with Crippen LogP contribution in [-0.2, 0) is 57.1 Å². The first-order valence-electron chi connectivity index (χ1n) is 18.2. The van der Waals surface area contributed by atoms with Crippen LogP contribution >= 0.6 is 36.0 Å². The van der Waals surface area contributed by atoms with Gasteiger partial charge in [-0.15, -0.1) is 12.6 Å². The second-order valence-corrected chi connectivity index (χ2v) is 15.2. The van der Waals surface area contributed by atoms with Crippen molar-refractivity contribution in [1.29, 1.82) is 0 Å². The number of ether oxygens (including phenoxy) is 8. The molecule has 2 aromatic rings. The minimum Gasteiger partial charge on any atom is -0.465 e. The van der Waals surface area contributed by atoms with Gasteiger partial charge < -0.3 is 37.9 Å². The van der Waals surface area contributed by atoms with Crippen LogP contribution in [0.1, 0.15) is 69.7 Å². The molecule has 340 valence electrons. The average Bonchev–Trinajstić information content (AvgIpc) is 3.21. The second kappa shape index (κ2) is 27.7. The molecule has 2 fully saturated rings. The molecule has 0 radical (unpaired) electrons. The summed E-state index contributed by atoms with van der Waals surface area (Å²) in [5.74, 6) is -3.65. The highest BCUT2D eigenvalue weighted by Gasteiger charge is 2.47. The van der Waals surface area contributed by atoms with Gasteiger partial charge in [-0.1, -0.05) is 67.0 Å². The summed E-state index contributed by atoms with van der Waals surface area (Å²) < 4.78 is 41.2. The van der Waals surface area contributed by atoms with Crippen LogP contribution < -0.4 is 0 Å². The fourth-order valence-corrected chi connectivity index (χ4v) is 7.43. The molecule has 0 spiro atoms. The van der Waals surface area contributed by atoms with Crippen molar-refractivity contribution in [3.05, 3.63) is 80.5 Å². The first-order chi connectivity index (χ1) is 28.9. The molecule has 2 aliphatic heterocycles. The summed E-state index contributed by atoms with van der Waals surface area (Å²) in [5.41, 5.74) is 17.3. The quantitative estimate of drug-likeness (QED) is 0.0417. The van der Waals surface area contributed by atoms with E-state index in [1.54, 1.807) is 62.4 Å². The Morgan fingerprint density at radius 1 is 0.726 bits per heavy atom. The molecule has 0 N–H and O–H groups in total. The number of methoxy groups -OCH3 is 2. The Hall–Kier alpha value is -5.21. The molecule has 2 aromatic carbocycles. The molecule has 0 aromatic heterocycles. The van der Waals surface area contributed by atoms with Gasteiger partial charge in [-0.05, 0) is 47.5 Å². The molecule has 2 saturated heterocycles. The van der Waals surface area contributed by atoms with Gasteiger partial charge in [0.2, 0.25) is 0 Å². The summed E-state index contributed by atoms with van der Waals surface area (Å²) in [7, 11) is 2.65.